The van der Waals surface area contributed by atoms with Crippen molar-refractivity contribution in [1.82, 2.24) is 4.98 Å². The topological polar surface area (TPSA) is 30.0 Å². The van der Waals surface area contributed by atoms with Crippen LogP contribution < -0.4 is 0 Å². The lowest BCUT2D eigenvalue weighted by Gasteiger charge is -2.06. The van der Waals surface area contributed by atoms with E-state index in [-0.39, 0.29) is 0 Å². The maximum Gasteiger partial charge on any atom is 0.213 e. The summed E-state index contributed by atoms with van der Waals surface area (Å²) >= 11 is 0. The monoisotopic (exact) mass is 215 g/mol. The number of benzene rings is 1. The van der Waals surface area contributed by atoms with Gasteiger partial charge in [0.25, 0.3) is 0 Å². The van der Waals surface area contributed by atoms with E-state index in [0.717, 1.165) is 23.0 Å². The van der Waals surface area contributed by atoms with Crippen LogP contribution in [0.4, 0.5) is 4.39 Å². The first-order valence-corrected chi connectivity index (χ1v) is 4.95. The van der Waals surface area contributed by atoms with Gasteiger partial charge in [0.2, 0.25) is 5.95 Å². The van der Waals surface area contributed by atoms with Crippen molar-refractivity contribution in [3.8, 4) is 11.1 Å². The molecule has 0 amide bonds. The Morgan fingerprint density at radius 1 is 1.25 bits per heavy atom. The van der Waals surface area contributed by atoms with Gasteiger partial charge in [-0.1, -0.05) is 24.3 Å². The minimum absolute atomic E-state index is 0.333. The molecule has 1 aromatic heterocycles. The maximum atomic E-state index is 13.0. The molecule has 0 aliphatic heterocycles. The van der Waals surface area contributed by atoms with Crippen LogP contribution in [0.1, 0.15) is 5.56 Å². The number of pyridine rings is 1. The summed E-state index contributed by atoms with van der Waals surface area (Å²) in [6, 6.07) is 10.5. The maximum absolute atomic E-state index is 13.0. The Hall–Kier alpha value is -2.03. The second kappa shape index (κ2) is 4.66. The van der Waals surface area contributed by atoms with E-state index in [4.69, 9.17) is 0 Å². The van der Waals surface area contributed by atoms with Crippen LogP contribution in [0.3, 0.4) is 0 Å². The largest absolute Gasteiger partial charge is 0.303 e. The third-order valence-corrected chi connectivity index (χ3v) is 2.36. The van der Waals surface area contributed by atoms with E-state index in [9.17, 15) is 9.18 Å². The third kappa shape index (κ3) is 2.14. The van der Waals surface area contributed by atoms with Crippen LogP contribution in [0, 0.1) is 5.95 Å². The van der Waals surface area contributed by atoms with Crippen molar-refractivity contribution in [2.45, 2.75) is 6.42 Å². The molecule has 80 valence electrons. The SMILES string of the molecule is O=CCc1ccccc1-c1ccnc(F)c1. The normalized spacial score (nSPS) is 10.1. The van der Waals surface area contributed by atoms with Crippen molar-refractivity contribution in [3.63, 3.8) is 0 Å². The summed E-state index contributed by atoms with van der Waals surface area (Å²) in [5, 5.41) is 0. The molecule has 16 heavy (non-hydrogen) atoms. The van der Waals surface area contributed by atoms with Crippen LogP contribution in [0.5, 0.6) is 0 Å². The Morgan fingerprint density at radius 2 is 2.06 bits per heavy atom. The van der Waals surface area contributed by atoms with Gasteiger partial charge in [0, 0.05) is 18.7 Å². The minimum Gasteiger partial charge on any atom is -0.303 e. The number of aromatic nitrogens is 1. The number of halogens is 1. The van der Waals surface area contributed by atoms with Crippen LogP contribution >= 0.6 is 0 Å². The Morgan fingerprint density at radius 3 is 2.81 bits per heavy atom. The molecule has 0 saturated carbocycles. The molecule has 2 rings (SSSR count). The number of hydrogen-bond acceptors (Lipinski definition) is 2. The number of hydrogen-bond donors (Lipinski definition) is 0. The molecule has 1 aromatic carbocycles. The van der Waals surface area contributed by atoms with Crippen LogP contribution in [-0.4, -0.2) is 11.3 Å². The molecular weight excluding hydrogens is 205 g/mol. The summed E-state index contributed by atoms with van der Waals surface area (Å²) in [4.78, 5) is 14.0. The third-order valence-electron chi connectivity index (χ3n) is 2.36. The molecule has 0 aliphatic rings. The number of rotatable bonds is 3. The minimum atomic E-state index is -0.515. The van der Waals surface area contributed by atoms with Crippen molar-refractivity contribution in [2.24, 2.45) is 0 Å². The van der Waals surface area contributed by atoms with E-state index in [2.05, 4.69) is 4.98 Å². The Labute approximate surface area is 92.8 Å². The fourth-order valence-corrected chi connectivity index (χ4v) is 1.64. The Balaban J connectivity index is 2.50. The zero-order valence-corrected chi connectivity index (χ0v) is 8.56. The quantitative estimate of drug-likeness (QED) is 0.582. The van der Waals surface area contributed by atoms with Crippen LogP contribution in [0.15, 0.2) is 42.6 Å². The van der Waals surface area contributed by atoms with Crippen molar-refractivity contribution >= 4 is 6.29 Å². The predicted octanol–water partition coefficient (Wildman–Crippen LogP) is 2.63. The van der Waals surface area contributed by atoms with Crippen molar-refractivity contribution in [3.05, 3.63) is 54.1 Å². The van der Waals surface area contributed by atoms with E-state index in [0.29, 0.717) is 6.42 Å². The molecule has 0 N–H and O–H groups in total. The van der Waals surface area contributed by atoms with Crippen LogP contribution in [0.25, 0.3) is 11.1 Å². The molecule has 0 saturated heterocycles. The number of nitrogens with zero attached hydrogens (tertiary/aromatic N) is 1. The molecule has 0 fully saturated rings. The Kier molecular flexibility index (Phi) is 3.05. The summed E-state index contributed by atoms with van der Waals surface area (Å²) in [6.07, 6.45) is 2.60. The molecule has 3 heteroatoms. The fourth-order valence-electron chi connectivity index (χ4n) is 1.64. The predicted molar refractivity (Wildman–Crippen MR) is 59.4 cm³/mol. The van der Waals surface area contributed by atoms with Crippen molar-refractivity contribution in [2.75, 3.05) is 0 Å². The number of aldehydes is 1. The highest BCUT2D eigenvalue weighted by Gasteiger charge is 2.04. The Bertz CT molecular complexity index is 511. The molecule has 2 aromatic rings. The molecule has 0 radical (unpaired) electrons. The molecule has 1 heterocycles. The van der Waals surface area contributed by atoms with Gasteiger partial charge in [-0.25, -0.2) is 4.98 Å². The van der Waals surface area contributed by atoms with Gasteiger partial charge in [-0.05, 0) is 22.8 Å². The van der Waals surface area contributed by atoms with Gasteiger partial charge in [-0.15, -0.1) is 0 Å². The molecule has 0 spiro atoms. The van der Waals surface area contributed by atoms with Gasteiger partial charge >= 0.3 is 0 Å². The summed E-state index contributed by atoms with van der Waals surface area (Å²) in [7, 11) is 0. The van der Waals surface area contributed by atoms with Gasteiger partial charge in [0.05, 0.1) is 0 Å². The number of carbonyl (C=O) groups excluding carboxylic acids is 1. The lowest BCUT2D eigenvalue weighted by atomic mass is 9.99. The summed E-state index contributed by atoms with van der Waals surface area (Å²) < 4.78 is 13.0. The van der Waals surface area contributed by atoms with Gasteiger partial charge < -0.3 is 4.79 Å². The highest BCUT2D eigenvalue weighted by atomic mass is 19.1. The molecule has 0 bridgehead atoms. The molecule has 0 atom stereocenters. The lowest BCUT2D eigenvalue weighted by molar-refractivity contribution is -0.107. The molecule has 0 unspecified atom stereocenters. The average Bonchev–Trinajstić information content (AvgIpc) is 2.30. The molecule has 2 nitrogen and oxygen atoms in total. The van der Waals surface area contributed by atoms with Gasteiger partial charge in [0.1, 0.15) is 6.29 Å². The van der Waals surface area contributed by atoms with Gasteiger partial charge in [0.15, 0.2) is 0 Å². The first kappa shape index (κ1) is 10.5. The van der Waals surface area contributed by atoms with Gasteiger partial charge in [-0.3, -0.25) is 0 Å². The zero-order valence-electron chi connectivity index (χ0n) is 8.56. The fraction of sp³-hybridized carbons (Fsp3) is 0.0769. The van der Waals surface area contributed by atoms with E-state index in [1.165, 1.54) is 12.3 Å². The van der Waals surface area contributed by atoms with Crippen molar-refractivity contribution < 1.29 is 9.18 Å². The second-order valence-electron chi connectivity index (χ2n) is 3.40. The van der Waals surface area contributed by atoms with Crippen LogP contribution in [0.2, 0.25) is 0 Å². The second-order valence-corrected chi connectivity index (χ2v) is 3.40. The standard InChI is InChI=1S/C13H10FNO/c14-13-9-11(5-7-15-13)12-4-2-1-3-10(12)6-8-16/h1-5,7-9H,6H2. The summed E-state index contributed by atoms with van der Waals surface area (Å²) in [5.74, 6) is -0.515. The first-order chi connectivity index (χ1) is 7.81. The number of carbonyl (C=O) groups is 1. The highest BCUT2D eigenvalue weighted by molar-refractivity contribution is 5.70. The molecular formula is C13H10FNO. The molecule has 0 aliphatic carbocycles. The lowest BCUT2D eigenvalue weighted by Crippen LogP contribution is -1.92. The first-order valence-electron chi connectivity index (χ1n) is 4.95. The summed E-state index contributed by atoms with van der Waals surface area (Å²) in [5.41, 5.74) is 2.50. The van der Waals surface area contributed by atoms with Crippen molar-refractivity contribution in [1.29, 1.82) is 0 Å². The van der Waals surface area contributed by atoms with Crippen LogP contribution in [-0.2, 0) is 11.2 Å². The zero-order chi connectivity index (χ0) is 11.4. The van der Waals surface area contributed by atoms with Gasteiger partial charge in [-0.2, -0.15) is 4.39 Å². The smallest absolute Gasteiger partial charge is 0.213 e. The van der Waals surface area contributed by atoms with E-state index in [1.807, 2.05) is 24.3 Å². The average molecular weight is 215 g/mol. The highest BCUT2D eigenvalue weighted by Crippen LogP contribution is 2.23. The summed E-state index contributed by atoms with van der Waals surface area (Å²) in [6.45, 7) is 0. The van der Waals surface area contributed by atoms with E-state index < -0.39 is 5.95 Å². The van der Waals surface area contributed by atoms with E-state index in [1.54, 1.807) is 6.07 Å². The van der Waals surface area contributed by atoms with E-state index >= 15 is 0 Å².